The van der Waals surface area contributed by atoms with Crippen LogP contribution in [0.1, 0.15) is 21.7 Å². The van der Waals surface area contributed by atoms with Crippen molar-refractivity contribution < 1.29 is 14.3 Å². The van der Waals surface area contributed by atoms with E-state index in [4.69, 9.17) is 4.74 Å². The number of nitrogens with one attached hydrogen (secondary N) is 2. The second kappa shape index (κ2) is 7.59. The van der Waals surface area contributed by atoms with E-state index in [1.807, 2.05) is 29.6 Å². The zero-order valence-corrected chi connectivity index (χ0v) is 15.8. The van der Waals surface area contributed by atoms with E-state index < -0.39 is 11.7 Å². The molecule has 2 aromatic heterocycles. The lowest BCUT2D eigenvalue weighted by atomic mass is 10.1. The topological polar surface area (TPSA) is 87.3 Å². The van der Waals surface area contributed by atoms with Crippen molar-refractivity contribution in [3.8, 4) is 0 Å². The highest BCUT2D eigenvalue weighted by molar-refractivity contribution is 7.14. The number of amides is 1. The summed E-state index contributed by atoms with van der Waals surface area (Å²) in [5.41, 5.74) is 2.82. The molecule has 1 aromatic carbocycles. The number of thiazole rings is 1. The highest BCUT2D eigenvalue weighted by Crippen LogP contribution is 2.23. The number of hydrogen-bond donors (Lipinski definition) is 2. The molecule has 2 N–H and O–H groups in total. The van der Waals surface area contributed by atoms with E-state index in [2.05, 4.69) is 20.2 Å². The van der Waals surface area contributed by atoms with Gasteiger partial charge in [-0.2, -0.15) is 0 Å². The molecule has 0 aliphatic carbocycles. The largest absolute Gasteiger partial charge is 0.379 e. The Bertz CT molecular complexity index is 988. The first-order valence-electron chi connectivity index (χ1n) is 8.79. The third-order valence-electron chi connectivity index (χ3n) is 4.59. The van der Waals surface area contributed by atoms with Crippen molar-refractivity contribution in [3.63, 3.8) is 0 Å². The number of Topliss-reactive ketones (excluding diaryl/α,β-unsaturated/α-hetero) is 1. The van der Waals surface area contributed by atoms with Crippen molar-refractivity contribution in [2.24, 2.45) is 0 Å². The molecule has 1 fully saturated rings. The van der Waals surface area contributed by atoms with Gasteiger partial charge in [0.2, 0.25) is 0 Å². The number of fused-ring (bicyclic) bond motifs is 1. The molecule has 1 saturated heterocycles. The van der Waals surface area contributed by atoms with E-state index in [9.17, 15) is 9.59 Å². The number of ketones is 1. The molecule has 0 saturated carbocycles. The normalized spacial score (nSPS) is 15.1. The van der Waals surface area contributed by atoms with Crippen molar-refractivity contribution in [1.29, 1.82) is 0 Å². The Morgan fingerprint density at radius 2 is 2.07 bits per heavy atom. The predicted molar refractivity (Wildman–Crippen MR) is 104 cm³/mol. The first-order valence-corrected chi connectivity index (χ1v) is 9.67. The standard InChI is InChI=1S/C19H20N4O3S/c1-12-16(14-4-2-3-5-15(14)20-12)17(24)18(25)22-19-21-13(11-27-19)10-23-6-8-26-9-7-23/h2-5,11,20H,6-10H2,1H3,(H,21,22,25). The van der Waals surface area contributed by atoms with Gasteiger partial charge >= 0.3 is 0 Å². The fraction of sp³-hybridized carbons (Fsp3) is 0.316. The van der Waals surface area contributed by atoms with Crippen LogP contribution in [-0.4, -0.2) is 52.9 Å². The maximum atomic E-state index is 12.7. The summed E-state index contributed by atoms with van der Waals surface area (Å²) in [6.45, 7) is 5.71. The van der Waals surface area contributed by atoms with E-state index in [0.717, 1.165) is 42.9 Å². The average molecular weight is 384 g/mol. The predicted octanol–water partition coefficient (Wildman–Crippen LogP) is 2.59. The number of hydrogen-bond acceptors (Lipinski definition) is 6. The van der Waals surface area contributed by atoms with Crippen LogP contribution in [0, 0.1) is 6.92 Å². The smallest absolute Gasteiger partial charge is 0.298 e. The number of rotatable bonds is 5. The van der Waals surface area contributed by atoms with Crippen molar-refractivity contribution in [1.82, 2.24) is 14.9 Å². The molecule has 0 spiro atoms. The highest BCUT2D eigenvalue weighted by atomic mass is 32.1. The summed E-state index contributed by atoms with van der Waals surface area (Å²) < 4.78 is 5.34. The van der Waals surface area contributed by atoms with Gasteiger partial charge in [0.15, 0.2) is 5.13 Å². The Balaban J connectivity index is 1.45. The zero-order valence-electron chi connectivity index (χ0n) is 14.9. The lowest BCUT2D eigenvalue weighted by Crippen LogP contribution is -2.35. The maximum Gasteiger partial charge on any atom is 0.298 e. The molecular formula is C19H20N4O3S. The summed E-state index contributed by atoms with van der Waals surface area (Å²) in [4.78, 5) is 35.0. The molecule has 1 aliphatic heterocycles. The van der Waals surface area contributed by atoms with Crippen LogP contribution in [0.4, 0.5) is 5.13 Å². The SMILES string of the molecule is Cc1[nH]c2ccccc2c1C(=O)C(=O)Nc1nc(CN2CCOCC2)cs1. The highest BCUT2D eigenvalue weighted by Gasteiger charge is 2.23. The van der Waals surface area contributed by atoms with Crippen molar-refractivity contribution in [2.75, 3.05) is 31.6 Å². The van der Waals surface area contributed by atoms with Crippen LogP contribution in [0.15, 0.2) is 29.6 Å². The van der Waals surface area contributed by atoms with Crippen LogP contribution in [0.25, 0.3) is 10.9 Å². The number of aromatic nitrogens is 2. The van der Waals surface area contributed by atoms with Gasteiger partial charge in [-0.25, -0.2) is 4.98 Å². The molecule has 4 rings (SSSR count). The zero-order chi connectivity index (χ0) is 18.8. The van der Waals surface area contributed by atoms with Crippen molar-refractivity contribution in [3.05, 3.63) is 46.6 Å². The molecule has 0 bridgehead atoms. The van der Waals surface area contributed by atoms with Gasteiger partial charge < -0.3 is 9.72 Å². The number of benzene rings is 1. The molecule has 140 valence electrons. The minimum Gasteiger partial charge on any atom is -0.379 e. The van der Waals surface area contributed by atoms with Gasteiger partial charge in [0.05, 0.1) is 24.5 Å². The molecule has 0 atom stereocenters. The molecule has 3 heterocycles. The number of morpholine rings is 1. The van der Waals surface area contributed by atoms with Gasteiger partial charge in [-0.3, -0.25) is 19.8 Å². The minimum atomic E-state index is -0.671. The van der Waals surface area contributed by atoms with E-state index in [1.54, 1.807) is 6.92 Å². The van der Waals surface area contributed by atoms with Crippen LogP contribution >= 0.6 is 11.3 Å². The molecule has 7 nitrogen and oxygen atoms in total. The molecule has 8 heteroatoms. The summed E-state index contributed by atoms with van der Waals surface area (Å²) in [7, 11) is 0. The summed E-state index contributed by atoms with van der Waals surface area (Å²) in [6, 6.07) is 7.46. The number of aromatic amines is 1. The lowest BCUT2D eigenvalue weighted by molar-refractivity contribution is -0.112. The summed E-state index contributed by atoms with van der Waals surface area (Å²) >= 11 is 1.33. The second-order valence-electron chi connectivity index (χ2n) is 6.49. The molecule has 27 heavy (non-hydrogen) atoms. The van der Waals surface area contributed by atoms with E-state index in [1.165, 1.54) is 11.3 Å². The van der Waals surface area contributed by atoms with Crippen LogP contribution in [0.3, 0.4) is 0 Å². The number of anilines is 1. The second-order valence-corrected chi connectivity index (χ2v) is 7.34. The molecule has 1 amide bonds. The first kappa shape index (κ1) is 17.8. The number of ether oxygens (including phenoxy) is 1. The van der Waals surface area contributed by atoms with Gasteiger partial charge in [0.25, 0.3) is 11.7 Å². The van der Waals surface area contributed by atoms with Gasteiger partial charge in [-0.1, -0.05) is 18.2 Å². The minimum absolute atomic E-state index is 0.410. The molecule has 1 aliphatic rings. The quantitative estimate of drug-likeness (QED) is 0.522. The van der Waals surface area contributed by atoms with Crippen molar-refractivity contribution >= 4 is 39.1 Å². The van der Waals surface area contributed by atoms with Crippen LogP contribution in [0.5, 0.6) is 0 Å². The Hall–Kier alpha value is -2.55. The van der Waals surface area contributed by atoms with Crippen LogP contribution < -0.4 is 5.32 Å². The number of para-hydroxylation sites is 1. The Labute approximate surface area is 160 Å². The summed E-state index contributed by atoms with van der Waals surface area (Å²) in [5, 5.41) is 5.74. The fourth-order valence-electron chi connectivity index (χ4n) is 3.26. The van der Waals surface area contributed by atoms with E-state index in [-0.39, 0.29) is 0 Å². The molecule has 0 unspecified atom stereocenters. The Morgan fingerprint density at radius 1 is 1.30 bits per heavy atom. The first-order chi connectivity index (χ1) is 13.1. The monoisotopic (exact) mass is 384 g/mol. The van der Waals surface area contributed by atoms with Gasteiger partial charge in [-0.05, 0) is 13.0 Å². The lowest BCUT2D eigenvalue weighted by Gasteiger charge is -2.25. The van der Waals surface area contributed by atoms with E-state index in [0.29, 0.717) is 22.9 Å². The number of H-pyrrole nitrogens is 1. The van der Waals surface area contributed by atoms with Crippen LogP contribution in [0.2, 0.25) is 0 Å². The average Bonchev–Trinajstić information content (AvgIpc) is 3.24. The molecular weight excluding hydrogens is 364 g/mol. The molecule has 0 radical (unpaired) electrons. The van der Waals surface area contributed by atoms with Gasteiger partial charge in [0, 0.05) is 41.6 Å². The maximum absolute atomic E-state index is 12.7. The number of carbonyl (C=O) groups excluding carboxylic acids is 2. The number of aryl methyl sites for hydroxylation is 1. The van der Waals surface area contributed by atoms with Gasteiger partial charge in [-0.15, -0.1) is 11.3 Å². The van der Waals surface area contributed by atoms with E-state index >= 15 is 0 Å². The fourth-order valence-corrected chi connectivity index (χ4v) is 3.96. The van der Waals surface area contributed by atoms with Crippen LogP contribution in [-0.2, 0) is 16.1 Å². The van der Waals surface area contributed by atoms with Crippen molar-refractivity contribution in [2.45, 2.75) is 13.5 Å². The molecule has 3 aromatic rings. The summed E-state index contributed by atoms with van der Waals surface area (Å²) in [5.74, 6) is -1.23. The third kappa shape index (κ3) is 3.78. The Kier molecular flexibility index (Phi) is 5.02. The van der Waals surface area contributed by atoms with Gasteiger partial charge in [0.1, 0.15) is 0 Å². The number of carbonyl (C=O) groups is 2. The third-order valence-corrected chi connectivity index (χ3v) is 5.39. The summed E-state index contributed by atoms with van der Waals surface area (Å²) in [6.07, 6.45) is 0. The Morgan fingerprint density at radius 3 is 2.89 bits per heavy atom. The number of nitrogens with zero attached hydrogens (tertiary/aromatic N) is 2.